The molecule has 2 aromatic rings. The molecule has 0 aromatic heterocycles. The van der Waals surface area contributed by atoms with Crippen LogP contribution in [-0.2, 0) is 4.79 Å². The Morgan fingerprint density at radius 3 is 2.40 bits per heavy atom. The third kappa shape index (κ3) is 4.65. The van der Waals surface area contributed by atoms with Crippen molar-refractivity contribution in [2.45, 2.75) is 12.8 Å². The molecule has 0 saturated heterocycles. The minimum absolute atomic E-state index is 0.111. The van der Waals surface area contributed by atoms with Gasteiger partial charge in [-0.05, 0) is 30.7 Å². The average molecular weight is 272 g/mol. The lowest BCUT2D eigenvalue weighted by atomic mass is 10.3. The van der Waals surface area contributed by atoms with Gasteiger partial charge in [-0.2, -0.15) is 0 Å². The molecule has 4 heteroatoms. The molecule has 0 aliphatic heterocycles. The number of hydrogen-bond acceptors (Lipinski definition) is 3. The average Bonchev–Trinajstić information content (AvgIpc) is 2.45. The first-order valence-corrected chi connectivity index (χ1v) is 6.41. The summed E-state index contributed by atoms with van der Waals surface area (Å²) in [6, 6.07) is 16.8. The maximum atomic E-state index is 10.4. The van der Waals surface area contributed by atoms with E-state index in [1.807, 2.05) is 48.5 Å². The van der Waals surface area contributed by atoms with E-state index in [2.05, 4.69) is 0 Å². The fourth-order valence-corrected chi connectivity index (χ4v) is 1.67. The van der Waals surface area contributed by atoms with E-state index < -0.39 is 5.97 Å². The van der Waals surface area contributed by atoms with Gasteiger partial charge >= 0.3 is 5.97 Å². The lowest BCUT2D eigenvalue weighted by molar-refractivity contribution is -0.137. The second-order valence-corrected chi connectivity index (χ2v) is 4.24. The van der Waals surface area contributed by atoms with Gasteiger partial charge in [0.25, 0.3) is 0 Å². The van der Waals surface area contributed by atoms with Gasteiger partial charge in [0, 0.05) is 12.5 Å². The number of carboxylic acid groups (broad SMARTS) is 1. The van der Waals surface area contributed by atoms with E-state index in [0.29, 0.717) is 24.5 Å². The number of carboxylic acids is 1. The highest BCUT2D eigenvalue weighted by Gasteiger charge is 2.01. The fourth-order valence-electron chi connectivity index (χ4n) is 1.67. The van der Waals surface area contributed by atoms with Crippen molar-refractivity contribution in [2.24, 2.45) is 0 Å². The quantitative estimate of drug-likeness (QED) is 0.780. The van der Waals surface area contributed by atoms with Crippen molar-refractivity contribution in [3.05, 3.63) is 54.6 Å². The zero-order valence-corrected chi connectivity index (χ0v) is 11.0. The van der Waals surface area contributed by atoms with E-state index in [1.54, 1.807) is 6.07 Å². The van der Waals surface area contributed by atoms with Crippen molar-refractivity contribution in [1.29, 1.82) is 0 Å². The normalized spacial score (nSPS) is 10.0. The highest BCUT2D eigenvalue weighted by Crippen LogP contribution is 2.25. The summed E-state index contributed by atoms with van der Waals surface area (Å²) in [7, 11) is 0. The summed E-state index contributed by atoms with van der Waals surface area (Å²) in [5.74, 6) is 1.31. The number of aliphatic carboxylic acids is 1. The van der Waals surface area contributed by atoms with Crippen LogP contribution in [-0.4, -0.2) is 17.7 Å². The van der Waals surface area contributed by atoms with E-state index in [0.717, 1.165) is 5.75 Å². The fraction of sp³-hybridized carbons (Fsp3) is 0.188. The summed E-state index contributed by atoms with van der Waals surface area (Å²) < 4.78 is 11.2. The Bertz CT molecular complexity index is 551. The summed E-state index contributed by atoms with van der Waals surface area (Å²) in [4.78, 5) is 10.4. The van der Waals surface area contributed by atoms with Crippen LogP contribution in [0.3, 0.4) is 0 Å². The van der Waals surface area contributed by atoms with Crippen LogP contribution in [0.5, 0.6) is 17.2 Å². The Balaban J connectivity index is 1.89. The first-order valence-electron chi connectivity index (χ1n) is 6.41. The number of ether oxygens (including phenoxy) is 2. The van der Waals surface area contributed by atoms with Gasteiger partial charge in [0.05, 0.1) is 6.61 Å². The van der Waals surface area contributed by atoms with Crippen LogP contribution in [0.2, 0.25) is 0 Å². The number of rotatable bonds is 7. The van der Waals surface area contributed by atoms with Gasteiger partial charge < -0.3 is 14.6 Å². The minimum atomic E-state index is -0.810. The van der Waals surface area contributed by atoms with Crippen molar-refractivity contribution >= 4 is 5.97 Å². The molecule has 0 amide bonds. The largest absolute Gasteiger partial charge is 0.493 e. The predicted octanol–water partition coefficient (Wildman–Crippen LogP) is 3.72. The molecule has 0 spiro atoms. The highest BCUT2D eigenvalue weighted by atomic mass is 16.5. The lowest BCUT2D eigenvalue weighted by Crippen LogP contribution is -2.02. The van der Waals surface area contributed by atoms with Crippen molar-refractivity contribution < 1.29 is 19.4 Å². The SMILES string of the molecule is O=C(O)CCCOc1cccc(Oc2ccccc2)c1. The molecular weight excluding hydrogens is 256 g/mol. The highest BCUT2D eigenvalue weighted by molar-refractivity contribution is 5.66. The van der Waals surface area contributed by atoms with Gasteiger partial charge in [-0.15, -0.1) is 0 Å². The molecular formula is C16H16O4. The van der Waals surface area contributed by atoms with Gasteiger partial charge in [-0.3, -0.25) is 4.79 Å². The number of carbonyl (C=O) groups is 1. The molecule has 1 N–H and O–H groups in total. The molecule has 0 saturated carbocycles. The van der Waals surface area contributed by atoms with Crippen LogP contribution in [0.1, 0.15) is 12.8 Å². The lowest BCUT2D eigenvalue weighted by Gasteiger charge is -2.08. The van der Waals surface area contributed by atoms with Gasteiger partial charge in [0.1, 0.15) is 17.2 Å². The smallest absolute Gasteiger partial charge is 0.303 e. The van der Waals surface area contributed by atoms with Crippen LogP contribution in [0.15, 0.2) is 54.6 Å². The Labute approximate surface area is 117 Å². The summed E-state index contributed by atoms with van der Waals surface area (Å²) in [6.07, 6.45) is 0.597. The van der Waals surface area contributed by atoms with Crippen molar-refractivity contribution in [1.82, 2.24) is 0 Å². The van der Waals surface area contributed by atoms with Crippen molar-refractivity contribution in [3.63, 3.8) is 0 Å². The van der Waals surface area contributed by atoms with Gasteiger partial charge in [0.2, 0.25) is 0 Å². The summed E-state index contributed by atoms with van der Waals surface area (Å²) in [5, 5.41) is 8.54. The molecule has 2 rings (SSSR count). The Morgan fingerprint density at radius 2 is 1.65 bits per heavy atom. The Hall–Kier alpha value is -2.49. The third-order valence-electron chi connectivity index (χ3n) is 2.59. The minimum Gasteiger partial charge on any atom is -0.493 e. The molecule has 0 radical (unpaired) electrons. The molecule has 0 aliphatic carbocycles. The van der Waals surface area contributed by atoms with Gasteiger partial charge in [-0.25, -0.2) is 0 Å². The zero-order chi connectivity index (χ0) is 14.2. The van der Waals surface area contributed by atoms with Crippen LogP contribution in [0.25, 0.3) is 0 Å². The second kappa shape index (κ2) is 7.19. The van der Waals surface area contributed by atoms with Crippen LogP contribution in [0, 0.1) is 0 Å². The molecule has 20 heavy (non-hydrogen) atoms. The molecule has 104 valence electrons. The van der Waals surface area contributed by atoms with Crippen molar-refractivity contribution in [2.75, 3.05) is 6.61 Å². The number of para-hydroxylation sites is 1. The summed E-state index contributed by atoms with van der Waals surface area (Å²) in [5.41, 5.74) is 0. The second-order valence-electron chi connectivity index (χ2n) is 4.24. The summed E-state index contributed by atoms with van der Waals surface area (Å²) in [6.45, 7) is 0.376. The van der Waals surface area contributed by atoms with E-state index in [-0.39, 0.29) is 6.42 Å². The first kappa shape index (κ1) is 13.9. The van der Waals surface area contributed by atoms with E-state index in [1.165, 1.54) is 0 Å². The topological polar surface area (TPSA) is 55.8 Å². The number of hydrogen-bond donors (Lipinski definition) is 1. The molecule has 0 heterocycles. The van der Waals surface area contributed by atoms with E-state index in [4.69, 9.17) is 14.6 Å². The molecule has 0 bridgehead atoms. The van der Waals surface area contributed by atoms with Gasteiger partial charge in [-0.1, -0.05) is 24.3 Å². The molecule has 0 aliphatic rings. The summed E-state index contributed by atoms with van der Waals surface area (Å²) >= 11 is 0. The molecule has 2 aromatic carbocycles. The molecule has 0 atom stereocenters. The van der Waals surface area contributed by atoms with E-state index in [9.17, 15) is 4.79 Å². The van der Waals surface area contributed by atoms with Gasteiger partial charge in [0.15, 0.2) is 0 Å². The maximum Gasteiger partial charge on any atom is 0.303 e. The third-order valence-corrected chi connectivity index (χ3v) is 2.59. The zero-order valence-electron chi connectivity index (χ0n) is 11.0. The van der Waals surface area contributed by atoms with Crippen LogP contribution in [0.4, 0.5) is 0 Å². The van der Waals surface area contributed by atoms with Crippen LogP contribution >= 0.6 is 0 Å². The maximum absolute atomic E-state index is 10.4. The first-order chi connectivity index (χ1) is 9.74. The van der Waals surface area contributed by atoms with Crippen LogP contribution < -0.4 is 9.47 Å². The predicted molar refractivity (Wildman–Crippen MR) is 75.3 cm³/mol. The van der Waals surface area contributed by atoms with E-state index >= 15 is 0 Å². The van der Waals surface area contributed by atoms with Crippen molar-refractivity contribution in [3.8, 4) is 17.2 Å². The number of benzene rings is 2. The molecule has 4 nitrogen and oxygen atoms in total. The monoisotopic (exact) mass is 272 g/mol. The Kier molecular flexibility index (Phi) is 5.00. The molecule has 0 fully saturated rings. The standard InChI is InChI=1S/C16H16O4/c17-16(18)10-5-11-19-14-8-4-9-15(12-14)20-13-6-2-1-3-7-13/h1-4,6-9,12H,5,10-11H2,(H,17,18). The molecule has 0 unspecified atom stereocenters. The Morgan fingerprint density at radius 1 is 0.950 bits per heavy atom.